The molecule has 0 N–H and O–H groups in total. The fourth-order valence-electron chi connectivity index (χ4n) is 1.70. The van der Waals surface area contributed by atoms with Crippen LogP contribution in [0.1, 0.15) is 17.3 Å². The molecule has 0 aliphatic heterocycles. The minimum Gasteiger partial charge on any atom is -0.482 e. The Balaban J connectivity index is 1.90. The third-order valence-corrected chi connectivity index (χ3v) is 3.75. The number of hydrogen-bond donors (Lipinski definition) is 0. The Morgan fingerprint density at radius 1 is 1.05 bits per heavy atom. The molecule has 0 unspecified atom stereocenters. The van der Waals surface area contributed by atoms with Gasteiger partial charge in [0.15, 0.2) is 6.61 Å². The van der Waals surface area contributed by atoms with Crippen molar-refractivity contribution in [1.82, 2.24) is 0 Å². The molecule has 0 saturated carbocycles. The van der Waals surface area contributed by atoms with E-state index < -0.39 is 0 Å². The summed E-state index contributed by atoms with van der Waals surface area (Å²) in [7, 11) is 0. The fourth-order valence-corrected chi connectivity index (χ4v) is 2.52. The van der Waals surface area contributed by atoms with Crippen LogP contribution in [-0.2, 0) is 9.53 Å². The molecule has 0 spiro atoms. The molecule has 0 aromatic heterocycles. The van der Waals surface area contributed by atoms with E-state index in [9.17, 15) is 9.59 Å². The molecule has 0 aliphatic carbocycles. The van der Waals surface area contributed by atoms with Crippen LogP contribution in [0.5, 0.6) is 5.75 Å². The average Bonchev–Trinajstić information content (AvgIpc) is 2.55. The molecule has 2 rings (SSSR count). The third kappa shape index (κ3) is 4.93. The number of aldehydes is 1. The molecule has 0 saturated heterocycles. The largest absolute Gasteiger partial charge is 0.482 e. The fraction of sp³-hybridized carbons (Fsp3) is 0.176. The Kier molecular flexibility index (Phi) is 6.03. The Morgan fingerprint density at radius 2 is 1.64 bits per heavy atom. The van der Waals surface area contributed by atoms with Gasteiger partial charge in [-0.05, 0) is 43.3 Å². The predicted molar refractivity (Wildman–Crippen MR) is 84.5 cm³/mol. The van der Waals surface area contributed by atoms with E-state index in [0.717, 1.165) is 16.1 Å². The van der Waals surface area contributed by atoms with Crippen molar-refractivity contribution >= 4 is 24.0 Å². The van der Waals surface area contributed by atoms with E-state index in [-0.39, 0.29) is 12.6 Å². The van der Waals surface area contributed by atoms with Gasteiger partial charge in [-0.1, -0.05) is 23.9 Å². The highest BCUT2D eigenvalue weighted by molar-refractivity contribution is 7.99. The lowest BCUT2D eigenvalue weighted by Gasteiger charge is -2.07. The van der Waals surface area contributed by atoms with Gasteiger partial charge in [0.25, 0.3) is 0 Å². The molecule has 2 aromatic carbocycles. The summed E-state index contributed by atoms with van der Waals surface area (Å²) in [4.78, 5) is 23.9. The van der Waals surface area contributed by atoms with E-state index in [1.54, 1.807) is 43.0 Å². The summed E-state index contributed by atoms with van der Waals surface area (Å²) in [6.07, 6.45) is 0.824. The first kappa shape index (κ1) is 16.1. The van der Waals surface area contributed by atoms with Crippen molar-refractivity contribution in [2.24, 2.45) is 0 Å². The summed E-state index contributed by atoms with van der Waals surface area (Å²) < 4.78 is 10.1. The van der Waals surface area contributed by atoms with Crippen LogP contribution in [0.4, 0.5) is 0 Å². The van der Waals surface area contributed by atoms with Crippen molar-refractivity contribution in [2.75, 3.05) is 13.2 Å². The standard InChI is InChI=1S/C17H16O4S/c1-2-20-17(19)12-21-14-5-9-16(10-6-14)22-15-7-3-13(11-18)4-8-15/h3-11H,2,12H2,1H3. The lowest BCUT2D eigenvalue weighted by atomic mass is 10.2. The molecule has 114 valence electrons. The zero-order valence-electron chi connectivity index (χ0n) is 12.2. The molecule has 0 atom stereocenters. The zero-order chi connectivity index (χ0) is 15.8. The molecule has 0 aliphatic rings. The number of carbonyl (C=O) groups is 2. The maximum absolute atomic E-state index is 11.2. The number of rotatable bonds is 7. The van der Waals surface area contributed by atoms with Crippen LogP contribution < -0.4 is 4.74 Å². The van der Waals surface area contributed by atoms with E-state index in [1.165, 1.54) is 0 Å². The van der Waals surface area contributed by atoms with Crippen molar-refractivity contribution in [3.63, 3.8) is 0 Å². The van der Waals surface area contributed by atoms with E-state index in [4.69, 9.17) is 9.47 Å². The molecule has 0 amide bonds. The highest BCUT2D eigenvalue weighted by Gasteiger charge is 2.03. The van der Waals surface area contributed by atoms with Gasteiger partial charge in [-0.25, -0.2) is 4.79 Å². The quantitative estimate of drug-likeness (QED) is 0.577. The second-order valence-corrected chi connectivity index (χ2v) is 5.50. The molecule has 0 bridgehead atoms. The summed E-state index contributed by atoms with van der Waals surface area (Å²) >= 11 is 1.58. The molecular formula is C17H16O4S. The Morgan fingerprint density at radius 3 is 2.18 bits per heavy atom. The monoisotopic (exact) mass is 316 g/mol. The Hall–Kier alpha value is -2.27. The second kappa shape index (κ2) is 8.24. The molecule has 4 nitrogen and oxygen atoms in total. The predicted octanol–water partition coefficient (Wildman–Crippen LogP) is 3.59. The third-order valence-electron chi connectivity index (χ3n) is 2.74. The lowest BCUT2D eigenvalue weighted by Crippen LogP contribution is -2.14. The molecule has 0 radical (unpaired) electrons. The number of hydrogen-bond acceptors (Lipinski definition) is 5. The average molecular weight is 316 g/mol. The Labute approximate surface area is 133 Å². The minimum absolute atomic E-state index is 0.0898. The summed E-state index contributed by atoms with van der Waals surface area (Å²) in [6, 6.07) is 14.8. The van der Waals surface area contributed by atoms with Gasteiger partial charge in [0, 0.05) is 15.4 Å². The van der Waals surface area contributed by atoms with Crippen molar-refractivity contribution in [2.45, 2.75) is 16.7 Å². The molecule has 2 aromatic rings. The van der Waals surface area contributed by atoms with Crippen LogP contribution >= 0.6 is 11.8 Å². The van der Waals surface area contributed by atoms with Gasteiger partial charge in [-0.3, -0.25) is 4.79 Å². The molecule has 0 heterocycles. The minimum atomic E-state index is -0.379. The van der Waals surface area contributed by atoms with Crippen LogP contribution in [0.15, 0.2) is 58.3 Å². The maximum Gasteiger partial charge on any atom is 0.344 e. The van der Waals surface area contributed by atoms with Gasteiger partial charge < -0.3 is 9.47 Å². The maximum atomic E-state index is 11.2. The summed E-state index contributed by atoms with van der Waals surface area (Å²) in [6.45, 7) is 2.01. The Bertz CT molecular complexity index is 620. The second-order valence-electron chi connectivity index (χ2n) is 4.35. The van der Waals surface area contributed by atoms with Crippen molar-refractivity contribution < 1.29 is 19.1 Å². The van der Waals surface area contributed by atoms with Crippen LogP contribution in [0.2, 0.25) is 0 Å². The van der Waals surface area contributed by atoms with E-state index in [0.29, 0.717) is 17.9 Å². The SMILES string of the molecule is CCOC(=O)COc1ccc(Sc2ccc(C=O)cc2)cc1. The number of esters is 1. The van der Waals surface area contributed by atoms with Gasteiger partial charge in [-0.15, -0.1) is 0 Å². The lowest BCUT2D eigenvalue weighted by molar-refractivity contribution is -0.145. The van der Waals surface area contributed by atoms with Crippen molar-refractivity contribution in [3.05, 3.63) is 54.1 Å². The van der Waals surface area contributed by atoms with E-state index in [2.05, 4.69) is 0 Å². The summed E-state index contributed by atoms with van der Waals surface area (Å²) in [5.41, 5.74) is 0.659. The van der Waals surface area contributed by atoms with Crippen LogP contribution in [0.25, 0.3) is 0 Å². The first-order valence-electron chi connectivity index (χ1n) is 6.83. The van der Waals surface area contributed by atoms with Gasteiger partial charge >= 0.3 is 5.97 Å². The van der Waals surface area contributed by atoms with Crippen LogP contribution in [0.3, 0.4) is 0 Å². The first-order chi connectivity index (χ1) is 10.7. The topological polar surface area (TPSA) is 52.6 Å². The number of benzene rings is 2. The molecule has 0 fully saturated rings. The normalized spacial score (nSPS) is 10.0. The van der Waals surface area contributed by atoms with Crippen molar-refractivity contribution in [3.8, 4) is 5.75 Å². The summed E-state index contributed by atoms with van der Waals surface area (Å²) in [5.74, 6) is 0.241. The smallest absolute Gasteiger partial charge is 0.344 e. The highest BCUT2D eigenvalue weighted by atomic mass is 32.2. The van der Waals surface area contributed by atoms with E-state index >= 15 is 0 Å². The highest BCUT2D eigenvalue weighted by Crippen LogP contribution is 2.29. The molecule has 5 heteroatoms. The molecular weight excluding hydrogens is 300 g/mol. The first-order valence-corrected chi connectivity index (χ1v) is 7.64. The van der Waals surface area contributed by atoms with Gasteiger partial charge in [-0.2, -0.15) is 0 Å². The number of carbonyl (C=O) groups excluding carboxylic acids is 2. The number of ether oxygens (including phenoxy) is 2. The van der Waals surface area contributed by atoms with Gasteiger partial charge in [0.05, 0.1) is 6.61 Å². The zero-order valence-corrected chi connectivity index (χ0v) is 13.0. The van der Waals surface area contributed by atoms with Crippen molar-refractivity contribution in [1.29, 1.82) is 0 Å². The molecule has 22 heavy (non-hydrogen) atoms. The van der Waals surface area contributed by atoms with Crippen LogP contribution in [0, 0.1) is 0 Å². The van der Waals surface area contributed by atoms with Gasteiger partial charge in [0.1, 0.15) is 12.0 Å². The van der Waals surface area contributed by atoms with E-state index in [1.807, 2.05) is 24.3 Å². The van der Waals surface area contributed by atoms with Crippen LogP contribution in [-0.4, -0.2) is 25.5 Å². The van der Waals surface area contributed by atoms with Gasteiger partial charge in [0.2, 0.25) is 0 Å². The summed E-state index contributed by atoms with van der Waals surface area (Å²) in [5, 5.41) is 0.